The molecule has 0 heterocycles. The van der Waals surface area contributed by atoms with E-state index in [1.807, 2.05) is 12.1 Å². The van der Waals surface area contributed by atoms with Gasteiger partial charge < -0.3 is 9.64 Å². The summed E-state index contributed by atoms with van der Waals surface area (Å²) < 4.78 is 5.26. The van der Waals surface area contributed by atoms with Gasteiger partial charge >= 0.3 is 0 Å². The van der Waals surface area contributed by atoms with Gasteiger partial charge in [-0.1, -0.05) is 48.5 Å². The average molecular weight is 289 g/mol. The Morgan fingerprint density at radius 1 is 0.682 bits per heavy atom. The van der Waals surface area contributed by atoms with Gasteiger partial charge in [-0.05, 0) is 42.0 Å². The zero-order chi connectivity index (χ0) is 15.2. The highest BCUT2D eigenvalue weighted by Gasteiger charge is 2.11. The number of benzene rings is 3. The number of hydrogen-bond acceptors (Lipinski definition) is 2. The SMILES string of the molecule is COCc1cccc(N(c2ccccc2)c2ccccc2)c1. The molecular weight excluding hydrogens is 270 g/mol. The molecule has 3 rings (SSSR count). The molecule has 0 amide bonds. The van der Waals surface area contributed by atoms with Crippen LogP contribution in [0, 0.1) is 0 Å². The van der Waals surface area contributed by atoms with Crippen molar-refractivity contribution in [2.24, 2.45) is 0 Å². The van der Waals surface area contributed by atoms with Crippen molar-refractivity contribution in [3.63, 3.8) is 0 Å². The van der Waals surface area contributed by atoms with E-state index in [9.17, 15) is 0 Å². The Balaban J connectivity index is 2.08. The minimum atomic E-state index is 0.616. The van der Waals surface area contributed by atoms with Crippen LogP contribution in [-0.4, -0.2) is 7.11 Å². The molecule has 3 aromatic rings. The lowest BCUT2D eigenvalue weighted by molar-refractivity contribution is 0.185. The second-order valence-electron chi connectivity index (χ2n) is 5.11. The standard InChI is InChI=1S/C20H19NO/c1-22-16-17-9-8-14-20(15-17)21(18-10-4-2-5-11-18)19-12-6-3-7-13-19/h2-15H,16H2,1H3. The Bertz CT molecular complexity index is 671. The largest absolute Gasteiger partial charge is 0.380 e. The van der Waals surface area contributed by atoms with E-state index in [-0.39, 0.29) is 0 Å². The number of hydrogen-bond donors (Lipinski definition) is 0. The van der Waals surface area contributed by atoms with Gasteiger partial charge in [0.1, 0.15) is 0 Å². The first kappa shape index (κ1) is 14.4. The molecule has 3 aromatic carbocycles. The first-order valence-corrected chi connectivity index (χ1v) is 7.36. The van der Waals surface area contributed by atoms with Gasteiger partial charge in [-0.25, -0.2) is 0 Å². The van der Waals surface area contributed by atoms with Crippen molar-refractivity contribution < 1.29 is 4.74 Å². The zero-order valence-electron chi connectivity index (χ0n) is 12.6. The second-order valence-corrected chi connectivity index (χ2v) is 5.11. The number of nitrogens with zero attached hydrogens (tertiary/aromatic N) is 1. The Hall–Kier alpha value is -2.58. The molecule has 0 radical (unpaired) electrons. The zero-order valence-corrected chi connectivity index (χ0v) is 12.6. The average Bonchev–Trinajstić information content (AvgIpc) is 2.58. The number of ether oxygens (including phenoxy) is 1. The van der Waals surface area contributed by atoms with E-state index in [2.05, 4.69) is 77.7 Å². The van der Waals surface area contributed by atoms with Crippen LogP contribution in [0.1, 0.15) is 5.56 Å². The lowest BCUT2D eigenvalue weighted by Gasteiger charge is -2.25. The summed E-state index contributed by atoms with van der Waals surface area (Å²) in [5.41, 5.74) is 4.58. The monoisotopic (exact) mass is 289 g/mol. The van der Waals surface area contributed by atoms with Gasteiger partial charge in [-0.15, -0.1) is 0 Å². The van der Waals surface area contributed by atoms with Gasteiger partial charge in [0.25, 0.3) is 0 Å². The lowest BCUT2D eigenvalue weighted by atomic mass is 10.1. The third-order valence-electron chi connectivity index (χ3n) is 3.51. The van der Waals surface area contributed by atoms with Gasteiger partial charge in [0, 0.05) is 24.2 Å². The fraction of sp³-hybridized carbons (Fsp3) is 0.100. The van der Waals surface area contributed by atoms with Crippen molar-refractivity contribution >= 4 is 17.1 Å². The molecule has 110 valence electrons. The molecule has 0 aliphatic rings. The summed E-state index contributed by atoms with van der Waals surface area (Å²) in [5, 5.41) is 0. The third kappa shape index (κ3) is 3.18. The summed E-state index contributed by atoms with van der Waals surface area (Å²) in [4.78, 5) is 2.25. The molecule has 2 nitrogen and oxygen atoms in total. The molecule has 2 heteroatoms. The molecule has 22 heavy (non-hydrogen) atoms. The predicted molar refractivity (Wildman–Crippen MR) is 91.8 cm³/mol. The maximum Gasteiger partial charge on any atom is 0.0713 e. The lowest BCUT2D eigenvalue weighted by Crippen LogP contribution is -2.10. The van der Waals surface area contributed by atoms with Gasteiger partial charge in [0.2, 0.25) is 0 Å². The molecule has 0 atom stereocenters. The molecule has 0 spiro atoms. The van der Waals surface area contributed by atoms with Crippen LogP contribution in [0.15, 0.2) is 84.9 Å². The van der Waals surface area contributed by atoms with Crippen molar-refractivity contribution in [2.75, 3.05) is 12.0 Å². The number of rotatable bonds is 5. The molecule has 0 fully saturated rings. The summed E-state index contributed by atoms with van der Waals surface area (Å²) in [6.45, 7) is 0.616. The fourth-order valence-electron chi connectivity index (χ4n) is 2.55. The van der Waals surface area contributed by atoms with Crippen molar-refractivity contribution in [2.45, 2.75) is 6.61 Å². The minimum absolute atomic E-state index is 0.616. The fourth-order valence-corrected chi connectivity index (χ4v) is 2.55. The van der Waals surface area contributed by atoms with Crippen LogP contribution < -0.4 is 4.90 Å². The van der Waals surface area contributed by atoms with Crippen molar-refractivity contribution in [1.29, 1.82) is 0 Å². The van der Waals surface area contributed by atoms with Crippen LogP contribution in [0.2, 0.25) is 0 Å². The van der Waals surface area contributed by atoms with Crippen LogP contribution in [0.25, 0.3) is 0 Å². The molecule has 0 aliphatic heterocycles. The molecule has 0 aromatic heterocycles. The van der Waals surface area contributed by atoms with E-state index in [1.54, 1.807) is 7.11 Å². The molecular formula is C20H19NO. The maximum atomic E-state index is 5.26. The van der Waals surface area contributed by atoms with Crippen molar-refractivity contribution in [3.8, 4) is 0 Å². The van der Waals surface area contributed by atoms with E-state index in [4.69, 9.17) is 4.74 Å². The Morgan fingerprint density at radius 3 is 1.77 bits per heavy atom. The van der Waals surface area contributed by atoms with Crippen LogP contribution in [0.3, 0.4) is 0 Å². The topological polar surface area (TPSA) is 12.5 Å². The van der Waals surface area contributed by atoms with Gasteiger partial charge in [-0.3, -0.25) is 0 Å². The molecule has 0 bridgehead atoms. The van der Waals surface area contributed by atoms with Crippen molar-refractivity contribution in [3.05, 3.63) is 90.5 Å². The van der Waals surface area contributed by atoms with E-state index < -0.39 is 0 Å². The maximum absolute atomic E-state index is 5.26. The molecule has 0 unspecified atom stereocenters. The van der Waals surface area contributed by atoms with Crippen molar-refractivity contribution in [1.82, 2.24) is 0 Å². The molecule has 0 saturated heterocycles. The predicted octanol–water partition coefficient (Wildman–Crippen LogP) is 5.30. The first-order valence-electron chi connectivity index (χ1n) is 7.36. The smallest absolute Gasteiger partial charge is 0.0713 e. The van der Waals surface area contributed by atoms with Crippen LogP contribution in [0.4, 0.5) is 17.1 Å². The van der Waals surface area contributed by atoms with Crippen LogP contribution >= 0.6 is 0 Å². The van der Waals surface area contributed by atoms with Crippen LogP contribution in [0.5, 0.6) is 0 Å². The third-order valence-corrected chi connectivity index (χ3v) is 3.51. The first-order chi connectivity index (χ1) is 10.9. The Labute approximate surface area is 131 Å². The summed E-state index contributed by atoms with van der Waals surface area (Å²) in [5.74, 6) is 0. The summed E-state index contributed by atoms with van der Waals surface area (Å²) >= 11 is 0. The molecule has 0 aliphatic carbocycles. The normalized spacial score (nSPS) is 10.4. The Kier molecular flexibility index (Phi) is 4.52. The highest BCUT2D eigenvalue weighted by Crippen LogP contribution is 2.34. The Morgan fingerprint density at radius 2 is 1.23 bits per heavy atom. The highest BCUT2D eigenvalue weighted by molar-refractivity contribution is 5.76. The van der Waals surface area contributed by atoms with Gasteiger partial charge in [0.15, 0.2) is 0 Å². The van der Waals surface area contributed by atoms with Crippen LogP contribution in [-0.2, 0) is 11.3 Å². The minimum Gasteiger partial charge on any atom is -0.380 e. The number of methoxy groups -OCH3 is 1. The second kappa shape index (κ2) is 6.92. The molecule has 0 N–H and O–H groups in total. The summed E-state index contributed by atoms with van der Waals surface area (Å²) in [6, 6.07) is 29.2. The van der Waals surface area contributed by atoms with E-state index in [0.717, 1.165) is 22.6 Å². The quantitative estimate of drug-likeness (QED) is 0.631. The summed E-state index contributed by atoms with van der Waals surface area (Å²) in [7, 11) is 1.72. The van der Waals surface area contributed by atoms with E-state index >= 15 is 0 Å². The number of anilines is 3. The highest BCUT2D eigenvalue weighted by atomic mass is 16.5. The van der Waals surface area contributed by atoms with Gasteiger partial charge in [-0.2, -0.15) is 0 Å². The van der Waals surface area contributed by atoms with Gasteiger partial charge in [0.05, 0.1) is 6.61 Å². The summed E-state index contributed by atoms with van der Waals surface area (Å²) in [6.07, 6.45) is 0. The van der Waals surface area contributed by atoms with E-state index in [1.165, 1.54) is 0 Å². The molecule has 0 saturated carbocycles. The number of para-hydroxylation sites is 2. The van der Waals surface area contributed by atoms with E-state index in [0.29, 0.717) is 6.61 Å².